The molecule has 0 aliphatic carbocycles. The van der Waals surface area contributed by atoms with Gasteiger partial charge in [-0.1, -0.05) is 30.3 Å². The molecule has 5 nitrogen and oxygen atoms in total. The molecule has 0 aliphatic rings. The van der Waals surface area contributed by atoms with Gasteiger partial charge < -0.3 is 9.51 Å². The van der Waals surface area contributed by atoms with E-state index in [0.717, 1.165) is 35.6 Å². The van der Waals surface area contributed by atoms with Gasteiger partial charge in [-0.05, 0) is 20.3 Å². The molecule has 6 heteroatoms. The highest BCUT2D eigenvalue weighted by molar-refractivity contribution is 7.98. The van der Waals surface area contributed by atoms with Gasteiger partial charge in [-0.3, -0.25) is 4.79 Å². The Hall–Kier alpha value is -1.56. The van der Waals surface area contributed by atoms with Gasteiger partial charge in [0.2, 0.25) is 0 Å². The van der Waals surface area contributed by atoms with Crippen molar-refractivity contribution in [3.63, 3.8) is 0 Å². The number of hydrogen-bond acceptors (Lipinski definition) is 5. The molecule has 2 heterocycles. The van der Waals surface area contributed by atoms with Crippen LogP contribution in [0.25, 0.3) is 0 Å². The molecule has 0 saturated carbocycles. The zero-order chi connectivity index (χ0) is 13.8. The molecule has 2 aromatic rings. The lowest BCUT2D eigenvalue weighted by molar-refractivity contribution is 0.392. The van der Waals surface area contributed by atoms with Crippen molar-refractivity contribution in [1.29, 1.82) is 0 Å². The normalized spacial score (nSPS) is 10.9. The van der Waals surface area contributed by atoms with Crippen molar-refractivity contribution in [3.05, 3.63) is 39.1 Å². The Bertz CT molecular complexity index is 599. The summed E-state index contributed by atoms with van der Waals surface area (Å²) in [5.74, 6) is 1.51. The lowest BCUT2D eigenvalue weighted by atomic mass is 10.2. The molecule has 0 atom stereocenters. The van der Waals surface area contributed by atoms with E-state index in [1.165, 1.54) is 11.8 Å². The van der Waals surface area contributed by atoms with E-state index in [4.69, 9.17) is 4.52 Å². The van der Waals surface area contributed by atoms with Gasteiger partial charge in [-0.2, -0.15) is 0 Å². The molecule has 19 heavy (non-hydrogen) atoms. The minimum atomic E-state index is -0.0975. The summed E-state index contributed by atoms with van der Waals surface area (Å²) in [6.07, 6.45) is 1.80. The van der Waals surface area contributed by atoms with Gasteiger partial charge in [0.05, 0.1) is 5.69 Å². The molecule has 0 fully saturated rings. The second kappa shape index (κ2) is 6.06. The number of aromatic amines is 1. The van der Waals surface area contributed by atoms with Crippen molar-refractivity contribution in [2.24, 2.45) is 0 Å². The Labute approximate surface area is 115 Å². The Kier molecular flexibility index (Phi) is 4.42. The van der Waals surface area contributed by atoms with Crippen molar-refractivity contribution in [3.8, 4) is 0 Å². The molecule has 0 saturated heterocycles. The summed E-state index contributed by atoms with van der Waals surface area (Å²) < 4.78 is 5.11. The molecular weight excluding hydrogens is 262 g/mol. The van der Waals surface area contributed by atoms with E-state index < -0.39 is 0 Å². The maximum Gasteiger partial charge on any atom is 0.251 e. The Morgan fingerprint density at radius 2 is 2.21 bits per heavy atom. The van der Waals surface area contributed by atoms with E-state index >= 15 is 0 Å². The van der Waals surface area contributed by atoms with Crippen LogP contribution in [0.1, 0.15) is 36.1 Å². The largest absolute Gasteiger partial charge is 0.361 e. The highest BCUT2D eigenvalue weighted by Gasteiger charge is 2.10. The van der Waals surface area contributed by atoms with Crippen LogP contribution in [0.3, 0.4) is 0 Å². The fourth-order valence-corrected chi connectivity index (χ4v) is 2.83. The summed E-state index contributed by atoms with van der Waals surface area (Å²) in [7, 11) is 0. The van der Waals surface area contributed by atoms with Crippen molar-refractivity contribution in [2.75, 3.05) is 0 Å². The first-order chi connectivity index (χ1) is 9.10. The van der Waals surface area contributed by atoms with Crippen LogP contribution in [-0.4, -0.2) is 15.1 Å². The van der Waals surface area contributed by atoms with Crippen molar-refractivity contribution in [1.82, 2.24) is 15.1 Å². The Morgan fingerprint density at radius 1 is 1.42 bits per heavy atom. The number of nitrogens with one attached hydrogen (secondary N) is 1. The minimum Gasteiger partial charge on any atom is -0.361 e. The molecule has 0 amide bonds. The van der Waals surface area contributed by atoms with E-state index in [2.05, 4.69) is 22.0 Å². The van der Waals surface area contributed by atoms with E-state index in [1.807, 2.05) is 13.8 Å². The average Bonchev–Trinajstić information content (AvgIpc) is 2.66. The number of rotatable bonds is 5. The predicted molar refractivity (Wildman–Crippen MR) is 74.4 cm³/mol. The summed E-state index contributed by atoms with van der Waals surface area (Å²) in [6.45, 7) is 5.87. The summed E-state index contributed by atoms with van der Waals surface area (Å²) in [6, 6.07) is 1.56. The highest BCUT2D eigenvalue weighted by Crippen LogP contribution is 2.23. The first-order valence-electron chi connectivity index (χ1n) is 6.25. The molecule has 0 radical (unpaired) electrons. The van der Waals surface area contributed by atoms with Crippen LogP contribution in [0.5, 0.6) is 0 Å². The van der Waals surface area contributed by atoms with Crippen LogP contribution in [0.15, 0.2) is 20.5 Å². The lowest BCUT2D eigenvalue weighted by Crippen LogP contribution is -2.10. The molecule has 1 N–H and O–H groups in total. The van der Waals surface area contributed by atoms with Gasteiger partial charge in [0.15, 0.2) is 5.16 Å². The molecular formula is C13H17N3O2S. The van der Waals surface area contributed by atoms with Gasteiger partial charge in [-0.15, -0.1) is 0 Å². The standard InChI is InChI=1S/C13H17N3O2S/c1-4-5-10-6-12(17)15-13(14-10)19-7-11-8(2)16-18-9(11)3/h6H,4-5,7H2,1-3H3,(H,14,15,17). The second-order valence-electron chi connectivity index (χ2n) is 4.38. The smallest absolute Gasteiger partial charge is 0.251 e. The van der Waals surface area contributed by atoms with Gasteiger partial charge >= 0.3 is 0 Å². The second-order valence-corrected chi connectivity index (χ2v) is 5.35. The van der Waals surface area contributed by atoms with E-state index in [9.17, 15) is 4.79 Å². The van der Waals surface area contributed by atoms with E-state index in [0.29, 0.717) is 10.9 Å². The predicted octanol–water partition coefficient (Wildman–Crippen LogP) is 2.62. The monoisotopic (exact) mass is 279 g/mol. The molecule has 0 aliphatic heterocycles. The molecule has 0 aromatic carbocycles. The number of thioether (sulfide) groups is 1. The lowest BCUT2D eigenvalue weighted by Gasteiger charge is -2.03. The van der Waals surface area contributed by atoms with Gasteiger partial charge in [0.25, 0.3) is 5.56 Å². The summed E-state index contributed by atoms with van der Waals surface area (Å²) in [4.78, 5) is 18.7. The van der Waals surface area contributed by atoms with Crippen molar-refractivity contribution < 1.29 is 4.52 Å². The zero-order valence-electron chi connectivity index (χ0n) is 11.3. The molecule has 2 rings (SSSR count). The molecule has 0 spiro atoms. The molecule has 0 unspecified atom stereocenters. The summed E-state index contributed by atoms with van der Waals surface area (Å²) in [5, 5.41) is 4.56. The number of aromatic nitrogens is 3. The van der Waals surface area contributed by atoms with Crippen LogP contribution in [0.2, 0.25) is 0 Å². The van der Waals surface area contributed by atoms with Crippen LogP contribution in [-0.2, 0) is 12.2 Å². The SMILES string of the molecule is CCCc1cc(=O)[nH]c(SCc2c(C)noc2C)n1. The maximum absolute atomic E-state index is 11.5. The fraction of sp³-hybridized carbons (Fsp3) is 0.462. The number of aryl methyl sites for hydroxylation is 3. The third-order valence-corrected chi connectivity index (χ3v) is 3.71. The number of hydrogen-bond donors (Lipinski definition) is 1. The van der Waals surface area contributed by atoms with Gasteiger partial charge in [0.1, 0.15) is 5.76 Å². The summed E-state index contributed by atoms with van der Waals surface area (Å²) in [5.41, 5.74) is 2.69. The van der Waals surface area contributed by atoms with Crippen LogP contribution >= 0.6 is 11.8 Å². The third-order valence-electron chi connectivity index (χ3n) is 2.81. The quantitative estimate of drug-likeness (QED) is 0.673. The van der Waals surface area contributed by atoms with Gasteiger partial charge in [0, 0.05) is 23.1 Å². The van der Waals surface area contributed by atoms with Gasteiger partial charge in [-0.25, -0.2) is 4.98 Å². The minimum absolute atomic E-state index is 0.0975. The Balaban J connectivity index is 2.13. The Morgan fingerprint density at radius 3 is 2.84 bits per heavy atom. The zero-order valence-corrected chi connectivity index (χ0v) is 12.1. The third kappa shape index (κ3) is 3.47. The first-order valence-corrected chi connectivity index (χ1v) is 7.23. The molecule has 102 valence electrons. The maximum atomic E-state index is 11.5. The van der Waals surface area contributed by atoms with Crippen molar-refractivity contribution in [2.45, 2.75) is 44.5 Å². The molecule has 2 aromatic heterocycles. The topological polar surface area (TPSA) is 71.8 Å². The molecule has 0 bridgehead atoms. The first kappa shape index (κ1) is 13.9. The van der Waals surface area contributed by atoms with E-state index in [-0.39, 0.29) is 5.56 Å². The fourth-order valence-electron chi connectivity index (χ4n) is 1.78. The average molecular weight is 279 g/mol. The van der Waals surface area contributed by atoms with Crippen LogP contribution in [0.4, 0.5) is 0 Å². The van der Waals surface area contributed by atoms with Crippen LogP contribution < -0.4 is 5.56 Å². The van der Waals surface area contributed by atoms with Crippen LogP contribution in [0, 0.1) is 13.8 Å². The number of nitrogens with zero attached hydrogens (tertiary/aromatic N) is 2. The van der Waals surface area contributed by atoms with E-state index in [1.54, 1.807) is 6.07 Å². The highest BCUT2D eigenvalue weighted by atomic mass is 32.2. The number of H-pyrrole nitrogens is 1. The van der Waals surface area contributed by atoms with Crippen molar-refractivity contribution >= 4 is 11.8 Å². The summed E-state index contributed by atoms with van der Waals surface area (Å²) >= 11 is 1.49.